The van der Waals surface area contributed by atoms with Crippen molar-refractivity contribution in [3.63, 3.8) is 0 Å². The highest BCUT2D eigenvalue weighted by molar-refractivity contribution is 6.30. The van der Waals surface area contributed by atoms with E-state index in [9.17, 15) is 0 Å². The summed E-state index contributed by atoms with van der Waals surface area (Å²) in [6, 6.07) is 3.91. The molecule has 0 saturated heterocycles. The van der Waals surface area contributed by atoms with Crippen LogP contribution in [0.15, 0.2) is 12.1 Å². The Morgan fingerprint density at radius 1 is 1.43 bits per heavy atom. The highest BCUT2D eigenvalue weighted by atomic mass is 35.5. The molecule has 1 aromatic heterocycles. The highest BCUT2D eigenvalue weighted by Crippen LogP contribution is 2.24. The quantitative estimate of drug-likeness (QED) is 0.784. The van der Waals surface area contributed by atoms with Gasteiger partial charge in [0.1, 0.15) is 5.15 Å². The monoisotopic (exact) mass is 213 g/mol. The molecule has 1 rings (SSSR count). The van der Waals surface area contributed by atoms with Gasteiger partial charge < -0.3 is 5.11 Å². The summed E-state index contributed by atoms with van der Waals surface area (Å²) in [5.74, 6) is 0. The van der Waals surface area contributed by atoms with E-state index in [2.05, 4.69) is 4.98 Å². The lowest BCUT2D eigenvalue weighted by molar-refractivity contribution is 0.159. The Hall–Kier alpha value is -0.600. The molecule has 0 aliphatic rings. The molecule has 0 bridgehead atoms. The van der Waals surface area contributed by atoms with Crippen LogP contribution < -0.4 is 0 Å². The zero-order valence-electron chi connectivity index (χ0n) is 8.84. The van der Waals surface area contributed by atoms with Crippen molar-refractivity contribution in [2.75, 3.05) is 6.61 Å². The molecular formula is C11H16ClNO. The zero-order chi connectivity index (χ0) is 10.8. The average Bonchev–Trinajstić information content (AvgIpc) is 2.10. The largest absolute Gasteiger partial charge is 0.396 e. The normalized spacial score (nSPS) is 11.8. The van der Waals surface area contributed by atoms with Crippen LogP contribution in [-0.4, -0.2) is 16.7 Å². The van der Waals surface area contributed by atoms with Crippen LogP contribution in [0.1, 0.15) is 25.1 Å². The van der Waals surface area contributed by atoms with Crippen molar-refractivity contribution in [2.45, 2.75) is 27.2 Å². The number of rotatable bonds is 3. The van der Waals surface area contributed by atoms with Gasteiger partial charge in [0.15, 0.2) is 0 Å². The molecule has 78 valence electrons. The minimum atomic E-state index is -0.138. The van der Waals surface area contributed by atoms with Crippen LogP contribution in [0.4, 0.5) is 0 Å². The maximum absolute atomic E-state index is 9.14. The second kappa shape index (κ2) is 4.28. The summed E-state index contributed by atoms with van der Waals surface area (Å²) in [7, 11) is 0. The van der Waals surface area contributed by atoms with Gasteiger partial charge in [-0.05, 0) is 30.4 Å². The molecule has 1 N–H and O–H groups in total. The molecule has 0 atom stereocenters. The first-order valence-corrected chi connectivity index (χ1v) is 5.05. The van der Waals surface area contributed by atoms with Gasteiger partial charge in [-0.25, -0.2) is 4.98 Å². The number of hydrogen-bond donors (Lipinski definition) is 1. The smallest absolute Gasteiger partial charge is 0.132 e. The highest BCUT2D eigenvalue weighted by Gasteiger charge is 2.18. The lowest BCUT2D eigenvalue weighted by Gasteiger charge is -2.21. The first-order valence-electron chi connectivity index (χ1n) is 4.67. The second-order valence-electron chi connectivity index (χ2n) is 4.40. The van der Waals surface area contributed by atoms with Crippen LogP contribution in [0.25, 0.3) is 0 Å². The SMILES string of the molecule is Cc1ccc(CC(C)(C)CO)c(Cl)n1. The molecule has 0 saturated carbocycles. The Bertz CT molecular complexity index is 323. The summed E-state index contributed by atoms with van der Waals surface area (Å²) in [4.78, 5) is 4.18. The van der Waals surface area contributed by atoms with E-state index in [1.165, 1.54) is 0 Å². The summed E-state index contributed by atoms with van der Waals surface area (Å²) in [6.07, 6.45) is 0.746. The van der Waals surface area contributed by atoms with Gasteiger partial charge in [-0.15, -0.1) is 0 Å². The van der Waals surface area contributed by atoms with Crippen molar-refractivity contribution in [1.29, 1.82) is 0 Å². The molecule has 0 radical (unpaired) electrons. The average molecular weight is 214 g/mol. The van der Waals surface area contributed by atoms with E-state index in [1.807, 2.05) is 32.9 Å². The summed E-state index contributed by atoms with van der Waals surface area (Å²) in [6.45, 7) is 6.07. The Morgan fingerprint density at radius 2 is 2.07 bits per heavy atom. The van der Waals surface area contributed by atoms with Gasteiger partial charge in [-0.1, -0.05) is 31.5 Å². The number of aliphatic hydroxyl groups is 1. The van der Waals surface area contributed by atoms with Crippen molar-refractivity contribution in [2.24, 2.45) is 5.41 Å². The van der Waals surface area contributed by atoms with E-state index in [4.69, 9.17) is 16.7 Å². The lowest BCUT2D eigenvalue weighted by atomic mass is 9.87. The first kappa shape index (κ1) is 11.5. The van der Waals surface area contributed by atoms with Crippen molar-refractivity contribution < 1.29 is 5.11 Å². The second-order valence-corrected chi connectivity index (χ2v) is 4.76. The molecule has 0 unspecified atom stereocenters. The van der Waals surface area contributed by atoms with Crippen LogP contribution in [0.3, 0.4) is 0 Å². The van der Waals surface area contributed by atoms with E-state index in [0.717, 1.165) is 17.7 Å². The van der Waals surface area contributed by atoms with Crippen LogP contribution in [0.5, 0.6) is 0 Å². The standard InChI is InChI=1S/C11H16ClNO/c1-8-4-5-9(10(12)13-8)6-11(2,3)7-14/h4-5,14H,6-7H2,1-3H3. The summed E-state index contributed by atoms with van der Waals surface area (Å²) < 4.78 is 0. The minimum absolute atomic E-state index is 0.138. The van der Waals surface area contributed by atoms with E-state index < -0.39 is 0 Å². The van der Waals surface area contributed by atoms with Crippen molar-refractivity contribution in [3.8, 4) is 0 Å². The Morgan fingerprint density at radius 3 is 2.57 bits per heavy atom. The molecule has 0 aromatic carbocycles. The minimum Gasteiger partial charge on any atom is -0.396 e. The maximum Gasteiger partial charge on any atom is 0.132 e. The fraction of sp³-hybridized carbons (Fsp3) is 0.545. The topological polar surface area (TPSA) is 33.1 Å². The number of nitrogens with zero attached hydrogens (tertiary/aromatic N) is 1. The zero-order valence-corrected chi connectivity index (χ0v) is 9.60. The molecule has 2 nitrogen and oxygen atoms in total. The summed E-state index contributed by atoms with van der Waals surface area (Å²) in [5.41, 5.74) is 1.78. The molecule has 0 amide bonds. The molecule has 0 aliphatic heterocycles. The predicted octanol–water partition coefficient (Wildman–Crippen LogP) is 2.60. The third-order valence-electron chi connectivity index (χ3n) is 2.16. The van der Waals surface area contributed by atoms with Crippen molar-refractivity contribution >= 4 is 11.6 Å². The third kappa shape index (κ3) is 2.96. The molecule has 0 spiro atoms. The molecule has 14 heavy (non-hydrogen) atoms. The van der Waals surface area contributed by atoms with Gasteiger partial charge in [-0.3, -0.25) is 0 Å². The Labute approximate surface area is 89.9 Å². The van der Waals surface area contributed by atoms with Gasteiger partial charge in [0.2, 0.25) is 0 Å². The molecule has 3 heteroatoms. The van der Waals surface area contributed by atoms with Crippen molar-refractivity contribution in [1.82, 2.24) is 4.98 Å². The number of hydrogen-bond acceptors (Lipinski definition) is 2. The molecule has 0 fully saturated rings. The van der Waals surface area contributed by atoms with Crippen LogP contribution in [-0.2, 0) is 6.42 Å². The number of pyridine rings is 1. The lowest BCUT2D eigenvalue weighted by Crippen LogP contribution is -2.20. The first-order chi connectivity index (χ1) is 6.44. The maximum atomic E-state index is 9.14. The van der Waals surface area contributed by atoms with Crippen LogP contribution >= 0.6 is 11.6 Å². The summed E-state index contributed by atoms with van der Waals surface area (Å²) in [5, 5.41) is 9.69. The van der Waals surface area contributed by atoms with Crippen molar-refractivity contribution in [3.05, 3.63) is 28.5 Å². The number of aromatic nitrogens is 1. The third-order valence-corrected chi connectivity index (χ3v) is 2.49. The molecule has 1 aromatic rings. The van der Waals surface area contributed by atoms with Gasteiger partial charge in [-0.2, -0.15) is 0 Å². The van der Waals surface area contributed by atoms with E-state index >= 15 is 0 Å². The van der Waals surface area contributed by atoms with Gasteiger partial charge in [0, 0.05) is 12.3 Å². The Balaban J connectivity index is 2.87. The fourth-order valence-electron chi connectivity index (χ4n) is 1.26. The van der Waals surface area contributed by atoms with E-state index in [-0.39, 0.29) is 12.0 Å². The number of halogens is 1. The number of aryl methyl sites for hydroxylation is 1. The molecule has 1 heterocycles. The van der Waals surface area contributed by atoms with E-state index in [0.29, 0.717) is 5.15 Å². The molecule has 0 aliphatic carbocycles. The summed E-state index contributed by atoms with van der Waals surface area (Å²) >= 11 is 6.00. The predicted molar refractivity (Wildman–Crippen MR) is 58.6 cm³/mol. The van der Waals surface area contributed by atoms with Crippen LogP contribution in [0, 0.1) is 12.3 Å². The van der Waals surface area contributed by atoms with Gasteiger partial charge in [0.25, 0.3) is 0 Å². The van der Waals surface area contributed by atoms with E-state index in [1.54, 1.807) is 0 Å². The van der Waals surface area contributed by atoms with Gasteiger partial charge in [0.05, 0.1) is 0 Å². The van der Waals surface area contributed by atoms with Gasteiger partial charge >= 0.3 is 0 Å². The van der Waals surface area contributed by atoms with Crippen LogP contribution in [0.2, 0.25) is 5.15 Å². The molecular weight excluding hydrogens is 198 g/mol. The number of aliphatic hydroxyl groups excluding tert-OH is 1. The Kier molecular flexibility index (Phi) is 3.51. The fourth-order valence-corrected chi connectivity index (χ4v) is 1.52.